The fourth-order valence-electron chi connectivity index (χ4n) is 1.91. The first-order valence-corrected chi connectivity index (χ1v) is 6.35. The van der Waals surface area contributed by atoms with Crippen LogP contribution in [0.3, 0.4) is 0 Å². The van der Waals surface area contributed by atoms with Crippen LogP contribution in [0.15, 0.2) is 30.5 Å². The van der Waals surface area contributed by atoms with Crippen molar-refractivity contribution in [2.24, 2.45) is 0 Å². The number of methoxy groups -OCH3 is 1. The van der Waals surface area contributed by atoms with E-state index in [1.54, 1.807) is 18.2 Å². The van der Waals surface area contributed by atoms with Crippen molar-refractivity contribution in [2.75, 3.05) is 13.7 Å². The standard InChI is InChI=1S/C14H14N2O5/c1-20-13(17)5-3-9-21-12-7-6-11(16(18)19)14-10(12)4-2-8-15-14/h2,4,6-8H,3,5,9H2,1H3. The molecule has 0 unspecified atom stereocenters. The van der Waals surface area contributed by atoms with E-state index in [-0.39, 0.29) is 23.6 Å². The number of nitro benzene ring substituents is 1. The van der Waals surface area contributed by atoms with Gasteiger partial charge in [0.05, 0.1) is 18.6 Å². The summed E-state index contributed by atoms with van der Waals surface area (Å²) in [6.45, 7) is 0.316. The van der Waals surface area contributed by atoms with Crippen molar-refractivity contribution < 1.29 is 19.2 Å². The summed E-state index contributed by atoms with van der Waals surface area (Å²) in [4.78, 5) is 25.5. The Morgan fingerprint density at radius 1 is 1.38 bits per heavy atom. The average Bonchev–Trinajstić information content (AvgIpc) is 2.50. The lowest BCUT2D eigenvalue weighted by molar-refractivity contribution is -0.383. The van der Waals surface area contributed by atoms with Gasteiger partial charge in [-0.25, -0.2) is 4.98 Å². The molecular formula is C14H14N2O5. The van der Waals surface area contributed by atoms with Crippen LogP contribution >= 0.6 is 0 Å². The maximum Gasteiger partial charge on any atom is 0.305 e. The van der Waals surface area contributed by atoms with E-state index < -0.39 is 4.92 Å². The molecule has 2 aromatic rings. The van der Waals surface area contributed by atoms with Crippen LogP contribution in [0.2, 0.25) is 0 Å². The van der Waals surface area contributed by atoms with E-state index in [1.807, 2.05) is 0 Å². The molecule has 0 aliphatic rings. The third-order valence-corrected chi connectivity index (χ3v) is 2.92. The van der Waals surface area contributed by atoms with Crippen LogP contribution in [-0.4, -0.2) is 29.6 Å². The van der Waals surface area contributed by atoms with Gasteiger partial charge in [0.25, 0.3) is 5.69 Å². The minimum absolute atomic E-state index is 0.0625. The number of nitrogens with zero attached hydrogens (tertiary/aromatic N) is 2. The molecule has 0 bridgehead atoms. The van der Waals surface area contributed by atoms with Gasteiger partial charge < -0.3 is 9.47 Å². The molecule has 0 aliphatic carbocycles. The van der Waals surface area contributed by atoms with Gasteiger partial charge in [0.2, 0.25) is 0 Å². The minimum atomic E-state index is -0.476. The fourth-order valence-corrected chi connectivity index (χ4v) is 1.91. The monoisotopic (exact) mass is 290 g/mol. The number of carbonyl (C=O) groups is 1. The fraction of sp³-hybridized carbons (Fsp3) is 0.286. The van der Waals surface area contributed by atoms with Gasteiger partial charge in [-0.05, 0) is 24.6 Å². The number of non-ortho nitro benzene ring substituents is 1. The number of nitro groups is 1. The van der Waals surface area contributed by atoms with Crippen LogP contribution in [0.25, 0.3) is 10.9 Å². The number of aromatic nitrogens is 1. The lowest BCUT2D eigenvalue weighted by Crippen LogP contribution is -2.05. The van der Waals surface area contributed by atoms with Gasteiger partial charge in [0.15, 0.2) is 5.52 Å². The van der Waals surface area contributed by atoms with E-state index >= 15 is 0 Å². The average molecular weight is 290 g/mol. The molecule has 110 valence electrons. The molecule has 0 radical (unpaired) electrons. The molecule has 0 N–H and O–H groups in total. The summed E-state index contributed by atoms with van der Waals surface area (Å²) in [6.07, 6.45) is 2.27. The highest BCUT2D eigenvalue weighted by atomic mass is 16.6. The summed E-state index contributed by atoms with van der Waals surface area (Å²) in [6, 6.07) is 6.31. The normalized spacial score (nSPS) is 10.3. The second-order valence-electron chi connectivity index (χ2n) is 4.27. The quantitative estimate of drug-likeness (QED) is 0.351. The van der Waals surface area contributed by atoms with Crippen LogP contribution in [0.5, 0.6) is 5.75 Å². The molecule has 21 heavy (non-hydrogen) atoms. The highest BCUT2D eigenvalue weighted by molar-refractivity contribution is 5.91. The van der Waals surface area contributed by atoms with Crippen LogP contribution in [0.4, 0.5) is 5.69 Å². The molecule has 1 aromatic carbocycles. The Morgan fingerprint density at radius 2 is 2.19 bits per heavy atom. The number of hydrogen-bond donors (Lipinski definition) is 0. The molecule has 7 nitrogen and oxygen atoms in total. The molecule has 0 spiro atoms. The second-order valence-corrected chi connectivity index (χ2v) is 4.27. The number of pyridine rings is 1. The first kappa shape index (κ1) is 14.7. The van der Waals surface area contributed by atoms with Crippen molar-refractivity contribution in [2.45, 2.75) is 12.8 Å². The summed E-state index contributed by atoms with van der Waals surface area (Å²) in [5.41, 5.74) is 0.223. The van der Waals surface area contributed by atoms with Crippen molar-refractivity contribution in [1.82, 2.24) is 4.98 Å². The third-order valence-electron chi connectivity index (χ3n) is 2.92. The highest BCUT2D eigenvalue weighted by Crippen LogP contribution is 2.31. The van der Waals surface area contributed by atoms with Gasteiger partial charge in [-0.2, -0.15) is 0 Å². The maximum atomic E-state index is 11.0. The Hall–Kier alpha value is -2.70. The van der Waals surface area contributed by atoms with Gasteiger partial charge in [-0.15, -0.1) is 0 Å². The Kier molecular flexibility index (Phi) is 4.65. The van der Waals surface area contributed by atoms with E-state index in [1.165, 1.54) is 19.4 Å². The number of fused-ring (bicyclic) bond motifs is 1. The van der Waals surface area contributed by atoms with Gasteiger partial charge in [-0.3, -0.25) is 14.9 Å². The summed E-state index contributed by atoms with van der Waals surface area (Å²) < 4.78 is 10.1. The van der Waals surface area contributed by atoms with Gasteiger partial charge in [0, 0.05) is 24.1 Å². The molecule has 1 heterocycles. The highest BCUT2D eigenvalue weighted by Gasteiger charge is 2.15. The van der Waals surface area contributed by atoms with Crippen molar-refractivity contribution in [3.8, 4) is 5.75 Å². The predicted octanol–water partition coefficient (Wildman–Crippen LogP) is 2.48. The van der Waals surface area contributed by atoms with Crippen molar-refractivity contribution >= 4 is 22.6 Å². The molecule has 7 heteroatoms. The lowest BCUT2D eigenvalue weighted by atomic mass is 10.1. The van der Waals surface area contributed by atoms with Crippen molar-refractivity contribution in [1.29, 1.82) is 0 Å². The molecule has 0 atom stereocenters. The summed E-state index contributed by atoms with van der Waals surface area (Å²) >= 11 is 0. The number of carbonyl (C=O) groups excluding carboxylic acids is 1. The number of ether oxygens (including phenoxy) is 2. The SMILES string of the molecule is COC(=O)CCCOc1ccc([N+](=O)[O-])c2ncccc12. The first-order valence-electron chi connectivity index (χ1n) is 6.35. The number of rotatable bonds is 6. The Labute approximate surface area is 120 Å². The van der Waals surface area contributed by atoms with Gasteiger partial charge in [-0.1, -0.05) is 0 Å². The van der Waals surface area contributed by atoms with Crippen LogP contribution in [0.1, 0.15) is 12.8 Å². The molecule has 0 amide bonds. The van der Waals surface area contributed by atoms with Crippen LogP contribution in [-0.2, 0) is 9.53 Å². The van der Waals surface area contributed by atoms with Crippen molar-refractivity contribution in [3.05, 3.63) is 40.6 Å². The van der Waals surface area contributed by atoms with Gasteiger partial charge in [0.1, 0.15) is 5.75 Å². The van der Waals surface area contributed by atoms with Gasteiger partial charge >= 0.3 is 5.97 Å². The first-order chi connectivity index (χ1) is 10.1. The van der Waals surface area contributed by atoms with Crippen molar-refractivity contribution in [3.63, 3.8) is 0 Å². The number of hydrogen-bond acceptors (Lipinski definition) is 6. The summed E-state index contributed by atoms with van der Waals surface area (Å²) in [5, 5.41) is 11.5. The molecule has 2 rings (SSSR count). The summed E-state index contributed by atoms with van der Waals surface area (Å²) in [5.74, 6) is 0.211. The molecule has 0 fully saturated rings. The van der Waals surface area contributed by atoms with E-state index in [2.05, 4.69) is 9.72 Å². The Bertz CT molecular complexity index is 671. The second kappa shape index (κ2) is 6.65. The van der Waals surface area contributed by atoms with E-state index in [0.29, 0.717) is 24.2 Å². The molecular weight excluding hydrogens is 276 g/mol. The number of esters is 1. The third kappa shape index (κ3) is 3.44. The smallest absolute Gasteiger partial charge is 0.305 e. The van der Waals surface area contributed by atoms with E-state index in [9.17, 15) is 14.9 Å². The zero-order valence-electron chi connectivity index (χ0n) is 11.4. The van der Waals surface area contributed by atoms with E-state index in [0.717, 1.165) is 0 Å². The van der Waals surface area contributed by atoms with E-state index in [4.69, 9.17) is 4.74 Å². The Balaban J connectivity index is 2.16. The molecule has 0 aliphatic heterocycles. The number of benzene rings is 1. The molecule has 1 aromatic heterocycles. The predicted molar refractivity (Wildman–Crippen MR) is 75.1 cm³/mol. The molecule has 0 saturated carbocycles. The molecule has 0 saturated heterocycles. The lowest BCUT2D eigenvalue weighted by Gasteiger charge is -2.08. The van der Waals surface area contributed by atoms with Crippen LogP contribution < -0.4 is 4.74 Å². The topological polar surface area (TPSA) is 91.6 Å². The maximum absolute atomic E-state index is 11.0. The van der Waals surface area contributed by atoms with Crippen LogP contribution in [0, 0.1) is 10.1 Å². The summed E-state index contributed by atoms with van der Waals surface area (Å²) in [7, 11) is 1.33. The zero-order valence-corrected chi connectivity index (χ0v) is 11.4. The minimum Gasteiger partial charge on any atom is -0.493 e. The zero-order chi connectivity index (χ0) is 15.2. The largest absolute Gasteiger partial charge is 0.493 e. The Morgan fingerprint density at radius 3 is 2.90 bits per heavy atom.